The second kappa shape index (κ2) is 8.02. The lowest BCUT2D eigenvalue weighted by Gasteiger charge is -2.19. The fourth-order valence-corrected chi connectivity index (χ4v) is 6.57. The van der Waals surface area contributed by atoms with Gasteiger partial charge in [-0.05, 0) is 78.2 Å². The largest absolute Gasteiger partial charge is 0.269 e. The molecule has 0 radical (unpaired) electrons. The highest BCUT2D eigenvalue weighted by atomic mass is 79.9. The van der Waals surface area contributed by atoms with Gasteiger partial charge >= 0.3 is 0 Å². The Balaban J connectivity index is 1.80. The predicted octanol–water partition coefficient (Wildman–Crippen LogP) is 7.43. The van der Waals surface area contributed by atoms with Crippen LogP contribution in [0.4, 0.5) is 0 Å². The lowest BCUT2D eigenvalue weighted by Crippen LogP contribution is -2.11. The zero-order chi connectivity index (χ0) is 19.9. The molecule has 3 aromatic heterocycles. The Bertz CT molecular complexity index is 1070. The molecule has 0 amide bonds. The van der Waals surface area contributed by atoms with Crippen LogP contribution in [0.2, 0.25) is 0 Å². The number of halogens is 2. The third-order valence-corrected chi connectivity index (χ3v) is 9.02. The Morgan fingerprint density at radius 1 is 1.04 bits per heavy atom. The fourth-order valence-electron chi connectivity index (χ4n) is 2.63. The normalized spacial score (nSPS) is 11.9. The summed E-state index contributed by atoms with van der Waals surface area (Å²) in [6, 6.07) is 12.7. The Kier molecular flexibility index (Phi) is 5.81. The van der Waals surface area contributed by atoms with Gasteiger partial charge < -0.3 is 0 Å². The van der Waals surface area contributed by atoms with Crippen LogP contribution in [-0.2, 0) is 5.41 Å². The van der Waals surface area contributed by atoms with Crippen molar-refractivity contribution < 1.29 is 0 Å². The molecule has 0 spiro atoms. The van der Waals surface area contributed by atoms with Gasteiger partial charge in [0.05, 0.1) is 4.88 Å². The van der Waals surface area contributed by atoms with Gasteiger partial charge in [0.15, 0.2) is 10.2 Å². The quantitative estimate of drug-likeness (QED) is 0.262. The summed E-state index contributed by atoms with van der Waals surface area (Å²) >= 11 is 11.7. The second-order valence-electron chi connectivity index (χ2n) is 7.06. The lowest BCUT2D eigenvalue weighted by atomic mass is 9.87. The average Bonchev–Trinajstić information content (AvgIpc) is 3.36. The molecule has 0 saturated heterocycles. The first kappa shape index (κ1) is 20.3. The zero-order valence-electron chi connectivity index (χ0n) is 15.3. The number of nitrogens with zero attached hydrogens (tertiary/aromatic N) is 4. The molecule has 0 aliphatic heterocycles. The molecule has 0 fully saturated rings. The molecule has 4 aromatic rings. The first-order chi connectivity index (χ1) is 13.3. The third-order valence-electron chi connectivity index (χ3n) is 4.07. The van der Waals surface area contributed by atoms with Gasteiger partial charge in [0.25, 0.3) is 0 Å². The van der Waals surface area contributed by atoms with Gasteiger partial charge in [-0.3, -0.25) is 4.57 Å². The van der Waals surface area contributed by atoms with Gasteiger partial charge in [-0.25, -0.2) is 4.98 Å². The number of thiazole rings is 1. The number of hydrogen-bond donors (Lipinski definition) is 0. The van der Waals surface area contributed by atoms with Crippen molar-refractivity contribution in [3.8, 4) is 16.4 Å². The number of hydrogen-bond acceptors (Lipinski definition) is 6. The van der Waals surface area contributed by atoms with Crippen LogP contribution in [0.5, 0.6) is 0 Å². The lowest BCUT2D eigenvalue weighted by molar-refractivity contribution is 0.590. The highest BCUT2D eigenvalue weighted by Crippen LogP contribution is 2.39. The number of benzene rings is 1. The molecular formula is C19H16Br2N4S3. The Labute approximate surface area is 192 Å². The summed E-state index contributed by atoms with van der Waals surface area (Å²) in [6.07, 6.45) is 0. The van der Waals surface area contributed by atoms with Crippen molar-refractivity contribution in [1.29, 1.82) is 0 Å². The second-order valence-corrected chi connectivity index (χ2v) is 12.3. The monoisotopic (exact) mass is 554 g/mol. The number of thiophene rings is 1. The van der Waals surface area contributed by atoms with Gasteiger partial charge in [-0.1, -0.05) is 50.3 Å². The Hall–Kier alpha value is -1.00. The van der Waals surface area contributed by atoms with E-state index in [1.807, 2.05) is 6.07 Å². The highest BCUT2D eigenvalue weighted by Gasteiger charge is 2.20. The van der Waals surface area contributed by atoms with Crippen LogP contribution in [0.1, 0.15) is 26.3 Å². The van der Waals surface area contributed by atoms with E-state index in [-0.39, 0.29) is 5.41 Å². The Morgan fingerprint density at radius 3 is 2.36 bits per heavy atom. The van der Waals surface area contributed by atoms with E-state index < -0.39 is 0 Å². The highest BCUT2D eigenvalue weighted by molar-refractivity contribution is 9.13. The van der Waals surface area contributed by atoms with Crippen molar-refractivity contribution in [2.75, 3.05) is 0 Å². The van der Waals surface area contributed by atoms with Gasteiger partial charge in [0.1, 0.15) is 8.39 Å². The topological polar surface area (TPSA) is 43.6 Å². The van der Waals surface area contributed by atoms with Crippen LogP contribution in [0.25, 0.3) is 16.4 Å². The van der Waals surface area contributed by atoms with Gasteiger partial charge in [-0.15, -0.1) is 21.5 Å². The van der Waals surface area contributed by atoms with E-state index in [1.165, 1.54) is 17.3 Å². The summed E-state index contributed by atoms with van der Waals surface area (Å²) in [6.45, 7) is 6.66. The average molecular weight is 556 g/mol. The molecule has 1 aromatic carbocycles. The molecule has 0 aliphatic carbocycles. The molecule has 0 atom stereocenters. The molecule has 0 aliphatic rings. The van der Waals surface area contributed by atoms with Crippen LogP contribution < -0.4 is 0 Å². The zero-order valence-corrected chi connectivity index (χ0v) is 20.9. The van der Waals surface area contributed by atoms with Crippen molar-refractivity contribution in [3.05, 3.63) is 55.7 Å². The van der Waals surface area contributed by atoms with Crippen LogP contribution >= 0.6 is 66.3 Å². The molecule has 0 N–H and O–H groups in total. The summed E-state index contributed by atoms with van der Waals surface area (Å²) in [5, 5.41) is 11.8. The third kappa shape index (κ3) is 4.14. The van der Waals surface area contributed by atoms with E-state index in [4.69, 9.17) is 0 Å². The van der Waals surface area contributed by atoms with E-state index in [9.17, 15) is 0 Å². The van der Waals surface area contributed by atoms with E-state index in [1.54, 1.807) is 22.7 Å². The summed E-state index contributed by atoms with van der Waals surface area (Å²) in [4.78, 5) is 5.62. The molecule has 0 unspecified atom stereocenters. The minimum absolute atomic E-state index is 0.110. The van der Waals surface area contributed by atoms with Crippen molar-refractivity contribution in [1.82, 2.24) is 19.7 Å². The molecule has 9 heteroatoms. The van der Waals surface area contributed by atoms with Crippen LogP contribution in [0.3, 0.4) is 0 Å². The molecule has 0 bridgehead atoms. The summed E-state index contributed by atoms with van der Waals surface area (Å²) in [5.41, 5.74) is 2.45. The smallest absolute Gasteiger partial charge is 0.203 e. The van der Waals surface area contributed by atoms with Crippen molar-refractivity contribution in [2.24, 2.45) is 0 Å². The van der Waals surface area contributed by atoms with Crippen LogP contribution in [0, 0.1) is 0 Å². The van der Waals surface area contributed by atoms with Crippen molar-refractivity contribution in [3.63, 3.8) is 0 Å². The Morgan fingerprint density at radius 2 is 1.79 bits per heavy atom. The maximum Gasteiger partial charge on any atom is 0.203 e. The first-order valence-electron chi connectivity index (χ1n) is 8.43. The fraction of sp³-hybridized carbons (Fsp3) is 0.211. The minimum atomic E-state index is 0.110. The minimum Gasteiger partial charge on any atom is -0.269 e. The molecule has 4 nitrogen and oxygen atoms in total. The van der Waals surface area contributed by atoms with E-state index in [0.717, 1.165) is 34.3 Å². The summed E-state index contributed by atoms with van der Waals surface area (Å²) in [5.74, 6) is 0.843. The molecule has 28 heavy (non-hydrogen) atoms. The van der Waals surface area contributed by atoms with Crippen LogP contribution in [0.15, 0.2) is 59.7 Å². The maximum atomic E-state index is 4.53. The van der Waals surface area contributed by atoms with Gasteiger partial charge in [0, 0.05) is 5.69 Å². The molecule has 0 saturated carbocycles. The SMILES string of the molecule is CC(C)(C)c1ccc(-n2c(Sc3nc(Br)c(Br)s3)nnc2-c2cccs2)cc1. The summed E-state index contributed by atoms with van der Waals surface area (Å²) < 4.78 is 4.77. The molecule has 3 heterocycles. The maximum absolute atomic E-state index is 4.53. The van der Waals surface area contributed by atoms with E-state index in [0.29, 0.717) is 0 Å². The molecular weight excluding hydrogens is 540 g/mol. The molecule has 144 valence electrons. The van der Waals surface area contributed by atoms with E-state index in [2.05, 4.69) is 108 Å². The summed E-state index contributed by atoms with van der Waals surface area (Å²) in [7, 11) is 0. The predicted molar refractivity (Wildman–Crippen MR) is 125 cm³/mol. The standard InChI is InChI=1S/C19H16Br2N4S3/c1-19(2,3)11-6-8-12(9-7-11)25-16(13-5-4-10-26-13)23-24-17(25)28-18-22-14(20)15(21)27-18/h4-10H,1-3H3. The van der Waals surface area contributed by atoms with Gasteiger partial charge in [-0.2, -0.15) is 0 Å². The number of rotatable bonds is 4. The number of aromatic nitrogens is 4. The van der Waals surface area contributed by atoms with Crippen LogP contribution in [-0.4, -0.2) is 19.7 Å². The van der Waals surface area contributed by atoms with Gasteiger partial charge in [0.2, 0.25) is 5.16 Å². The van der Waals surface area contributed by atoms with Crippen molar-refractivity contribution >= 4 is 66.3 Å². The first-order valence-corrected chi connectivity index (χ1v) is 12.5. The van der Waals surface area contributed by atoms with E-state index >= 15 is 0 Å². The van der Waals surface area contributed by atoms with Crippen molar-refractivity contribution in [2.45, 2.75) is 35.7 Å². The molecule has 4 rings (SSSR count).